The molecule has 26 heavy (non-hydrogen) atoms. The average Bonchev–Trinajstić information content (AvgIpc) is 3.04. The average molecular weight is 353 g/mol. The number of hydrogen-bond acceptors (Lipinski definition) is 6. The quantitative estimate of drug-likeness (QED) is 0.751. The molecular formula is C18H23N7O. The van der Waals surface area contributed by atoms with Crippen molar-refractivity contribution in [1.82, 2.24) is 24.1 Å². The van der Waals surface area contributed by atoms with Gasteiger partial charge in [0.2, 0.25) is 5.95 Å². The third-order valence-corrected chi connectivity index (χ3v) is 4.88. The van der Waals surface area contributed by atoms with Crippen molar-refractivity contribution in [3.05, 3.63) is 46.9 Å². The van der Waals surface area contributed by atoms with Crippen LogP contribution >= 0.6 is 0 Å². The topological polar surface area (TPSA) is 94.9 Å². The number of pyridine rings is 1. The van der Waals surface area contributed by atoms with Gasteiger partial charge in [-0.1, -0.05) is 0 Å². The van der Waals surface area contributed by atoms with E-state index in [1.165, 1.54) is 6.33 Å². The fraction of sp³-hybridized carbons (Fsp3) is 0.444. The van der Waals surface area contributed by atoms with Gasteiger partial charge in [-0.2, -0.15) is 0 Å². The maximum atomic E-state index is 13.1. The molecule has 4 heterocycles. The molecule has 0 bridgehead atoms. The fourth-order valence-corrected chi connectivity index (χ4v) is 3.61. The predicted molar refractivity (Wildman–Crippen MR) is 100 cm³/mol. The van der Waals surface area contributed by atoms with Crippen LogP contribution in [0.2, 0.25) is 0 Å². The Bertz CT molecular complexity index is 963. The van der Waals surface area contributed by atoms with Crippen molar-refractivity contribution in [3.63, 3.8) is 0 Å². The zero-order valence-electron chi connectivity index (χ0n) is 14.9. The molecule has 1 aliphatic rings. The van der Waals surface area contributed by atoms with E-state index in [0.29, 0.717) is 18.6 Å². The maximum Gasteiger partial charge on any atom is 0.277 e. The Morgan fingerprint density at radius 2 is 2.23 bits per heavy atom. The fourth-order valence-electron chi connectivity index (χ4n) is 3.61. The van der Waals surface area contributed by atoms with Gasteiger partial charge in [0, 0.05) is 38.1 Å². The van der Waals surface area contributed by atoms with Crippen molar-refractivity contribution in [3.8, 4) is 0 Å². The summed E-state index contributed by atoms with van der Waals surface area (Å²) in [5.41, 5.74) is 8.24. The number of aryl methyl sites for hydroxylation is 1. The van der Waals surface area contributed by atoms with Gasteiger partial charge in [-0.05, 0) is 31.9 Å². The van der Waals surface area contributed by atoms with Crippen LogP contribution in [0.3, 0.4) is 0 Å². The summed E-state index contributed by atoms with van der Waals surface area (Å²) in [6, 6.07) is 3.87. The van der Waals surface area contributed by atoms with E-state index in [0.717, 1.165) is 43.1 Å². The van der Waals surface area contributed by atoms with Crippen LogP contribution < -0.4 is 16.2 Å². The second-order valence-corrected chi connectivity index (χ2v) is 6.69. The largest absolute Gasteiger partial charge is 0.341 e. The summed E-state index contributed by atoms with van der Waals surface area (Å²) in [6.07, 6.45) is 7.04. The SMILES string of the molecule is CCn1c(N2CCCC(N)C2)nc2ccn(Cc3ccncn3)c(=O)c21. The molecule has 3 aromatic rings. The molecule has 0 saturated carbocycles. The van der Waals surface area contributed by atoms with Crippen molar-refractivity contribution in [2.24, 2.45) is 5.73 Å². The monoisotopic (exact) mass is 353 g/mol. The lowest BCUT2D eigenvalue weighted by molar-refractivity contribution is 0.494. The highest BCUT2D eigenvalue weighted by Gasteiger charge is 2.23. The highest BCUT2D eigenvalue weighted by molar-refractivity contribution is 5.78. The number of fused-ring (bicyclic) bond motifs is 1. The van der Waals surface area contributed by atoms with Gasteiger partial charge >= 0.3 is 0 Å². The minimum absolute atomic E-state index is 0.0528. The van der Waals surface area contributed by atoms with E-state index < -0.39 is 0 Å². The molecule has 0 spiro atoms. The van der Waals surface area contributed by atoms with Crippen LogP contribution in [0.5, 0.6) is 0 Å². The number of aromatic nitrogens is 5. The normalized spacial score (nSPS) is 17.8. The standard InChI is InChI=1S/C18H23N7O/c1-2-25-16-15(22-18(25)24-8-3-4-13(19)10-24)6-9-23(17(16)26)11-14-5-7-20-12-21-14/h5-7,9,12-13H,2-4,8,10-11,19H2,1H3. The molecule has 1 atom stereocenters. The Morgan fingerprint density at radius 3 is 2.96 bits per heavy atom. The zero-order valence-corrected chi connectivity index (χ0v) is 14.9. The molecule has 1 saturated heterocycles. The molecule has 0 radical (unpaired) electrons. The molecule has 2 N–H and O–H groups in total. The molecule has 4 rings (SSSR count). The smallest absolute Gasteiger partial charge is 0.277 e. The first-order valence-electron chi connectivity index (χ1n) is 9.02. The summed E-state index contributed by atoms with van der Waals surface area (Å²) in [6.45, 7) is 4.83. The van der Waals surface area contributed by atoms with E-state index in [1.807, 2.05) is 23.6 Å². The number of rotatable bonds is 4. The van der Waals surface area contributed by atoms with Gasteiger partial charge in [-0.25, -0.2) is 15.0 Å². The van der Waals surface area contributed by atoms with Gasteiger partial charge in [0.25, 0.3) is 5.56 Å². The van der Waals surface area contributed by atoms with Crippen LogP contribution in [-0.4, -0.2) is 43.2 Å². The number of hydrogen-bond donors (Lipinski definition) is 1. The van der Waals surface area contributed by atoms with Gasteiger partial charge in [0.1, 0.15) is 11.8 Å². The Kier molecular flexibility index (Phi) is 4.42. The molecule has 3 aromatic heterocycles. The lowest BCUT2D eigenvalue weighted by Crippen LogP contribution is -2.44. The van der Waals surface area contributed by atoms with Crippen molar-refractivity contribution >= 4 is 17.0 Å². The Balaban J connectivity index is 1.77. The van der Waals surface area contributed by atoms with Gasteiger partial charge < -0.3 is 19.8 Å². The Hall–Kier alpha value is -2.74. The summed E-state index contributed by atoms with van der Waals surface area (Å²) < 4.78 is 3.68. The molecule has 0 aromatic carbocycles. The van der Waals surface area contributed by atoms with E-state index in [4.69, 9.17) is 10.7 Å². The molecule has 1 aliphatic heterocycles. The Labute approximate surface area is 151 Å². The number of nitrogens with zero attached hydrogens (tertiary/aromatic N) is 6. The van der Waals surface area contributed by atoms with Gasteiger partial charge in [0.05, 0.1) is 17.8 Å². The van der Waals surface area contributed by atoms with Crippen LogP contribution in [0, 0.1) is 0 Å². The number of nitrogens with two attached hydrogens (primary N) is 1. The summed E-state index contributed by atoms with van der Waals surface area (Å²) in [5, 5.41) is 0. The molecule has 8 heteroatoms. The molecule has 1 unspecified atom stereocenters. The van der Waals surface area contributed by atoms with Gasteiger partial charge in [-0.3, -0.25) is 4.79 Å². The van der Waals surface area contributed by atoms with Crippen molar-refractivity contribution in [2.75, 3.05) is 18.0 Å². The minimum Gasteiger partial charge on any atom is -0.341 e. The number of anilines is 1. The molecule has 136 valence electrons. The zero-order chi connectivity index (χ0) is 18.1. The minimum atomic E-state index is -0.0528. The van der Waals surface area contributed by atoms with E-state index in [2.05, 4.69) is 14.9 Å². The first-order chi connectivity index (χ1) is 12.7. The number of imidazole rings is 1. The van der Waals surface area contributed by atoms with Gasteiger partial charge in [0.15, 0.2) is 0 Å². The van der Waals surface area contributed by atoms with Crippen LogP contribution in [0.25, 0.3) is 11.0 Å². The third kappa shape index (κ3) is 2.96. The van der Waals surface area contributed by atoms with E-state index in [1.54, 1.807) is 17.0 Å². The molecule has 1 fully saturated rings. The molecular weight excluding hydrogens is 330 g/mol. The number of piperidine rings is 1. The van der Waals surface area contributed by atoms with Crippen LogP contribution in [-0.2, 0) is 13.1 Å². The second kappa shape index (κ2) is 6.87. The van der Waals surface area contributed by atoms with Crippen molar-refractivity contribution in [1.29, 1.82) is 0 Å². The Morgan fingerprint density at radius 1 is 1.35 bits per heavy atom. The first-order valence-corrected chi connectivity index (χ1v) is 9.02. The van der Waals surface area contributed by atoms with E-state index >= 15 is 0 Å². The van der Waals surface area contributed by atoms with E-state index in [-0.39, 0.29) is 11.6 Å². The molecule has 8 nitrogen and oxygen atoms in total. The molecule has 0 aliphatic carbocycles. The van der Waals surface area contributed by atoms with Crippen molar-refractivity contribution < 1.29 is 0 Å². The lowest BCUT2D eigenvalue weighted by atomic mass is 10.1. The molecule has 0 amide bonds. The highest BCUT2D eigenvalue weighted by atomic mass is 16.1. The van der Waals surface area contributed by atoms with Crippen LogP contribution in [0.15, 0.2) is 35.6 Å². The summed E-state index contributed by atoms with van der Waals surface area (Å²) in [4.78, 5) is 28.2. The van der Waals surface area contributed by atoms with Crippen LogP contribution in [0.4, 0.5) is 5.95 Å². The highest BCUT2D eigenvalue weighted by Crippen LogP contribution is 2.23. The van der Waals surface area contributed by atoms with Crippen LogP contribution in [0.1, 0.15) is 25.5 Å². The van der Waals surface area contributed by atoms with Gasteiger partial charge in [-0.15, -0.1) is 0 Å². The second-order valence-electron chi connectivity index (χ2n) is 6.69. The van der Waals surface area contributed by atoms with Crippen molar-refractivity contribution in [2.45, 2.75) is 38.9 Å². The first kappa shape index (κ1) is 16.7. The third-order valence-electron chi connectivity index (χ3n) is 4.88. The maximum absolute atomic E-state index is 13.1. The van der Waals surface area contributed by atoms with E-state index in [9.17, 15) is 4.79 Å². The summed E-state index contributed by atoms with van der Waals surface area (Å²) in [5.74, 6) is 0.842. The summed E-state index contributed by atoms with van der Waals surface area (Å²) >= 11 is 0. The predicted octanol–water partition coefficient (Wildman–Crippen LogP) is 0.984. The lowest BCUT2D eigenvalue weighted by Gasteiger charge is -2.31. The summed E-state index contributed by atoms with van der Waals surface area (Å²) in [7, 11) is 0.